The van der Waals surface area contributed by atoms with Crippen LogP contribution in [0.1, 0.15) is 49.1 Å². The maximum Gasteiger partial charge on any atom is 0.416 e. The predicted molar refractivity (Wildman–Crippen MR) is 143 cm³/mol. The molecule has 2 heterocycles. The van der Waals surface area contributed by atoms with E-state index < -0.39 is 29.1 Å². The fraction of sp³-hybridized carbons (Fsp3) is 0.379. The lowest BCUT2D eigenvalue weighted by Gasteiger charge is -2.38. The number of alkyl halides is 3. The number of hydrogen-bond donors (Lipinski definition) is 2. The molecule has 2 N–H and O–H groups in total. The number of aromatic nitrogens is 1. The van der Waals surface area contributed by atoms with Crippen molar-refractivity contribution in [1.29, 1.82) is 0 Å². The van der Waals surface area contributed by atoms with Crippen LogP contribution in [0.15, 0.2) is 66.9 Å². The van der Waals surface area contributed by atoms with Crippen LogP contribution >= 0.6 is 11.6 Å². The lowest BCUT2D eigenvalue weighted by molar-refractivity contribution is -0.137. The molecule has 4 rings (SSSR count). The van der Waals surface area contributed by atoms with Gasteiger partial charge in [0.2, 0.25) is 0 Å². The van der Waals surface area contributed by atoms with Crippen LogP contribution in [0.2, 0.25) is 5.02 Å². The van der Waals surface area contributed by atoms with Crippen molar-refractivity contribution in [1.82, 2.24) is 20.5 Å². The number of carbonyl (C=O) groups excluding carboxylic acids is 1. The summed E-state index contributed by atoms with van der Waals surface area (Å²) in [5.41, 5.74) is -1.96. The van der Waals surface area contributed by atoms with E-state index in [-0.39, 0.29) is 23.7 Å². The van der Waals surface area contributed by atoms with Gasteiger partial charge in [-0.3, -0.25) is 4.98 Å². The second-order valence-corrected chi connectivity index (χ2v) is 10.6. The summed E-state index contributed by atoms with van der Waals surface area (Å²) < 4.78 is 56.1. The van der Waals surface area contributed by atoms with Crippen LogP contribution < -0.4 is 10.6 Å². The zero-order chi connectivity index (χ0) is 28.2. The number of likely N-dealkylation sites (tertiary alicyclic amines) is 1. The number of benzene rings is 2. The van der Waals surface area contributed by atoms with Crippen LogP contribution in [0.3, 0.4) is 0 Å². The summed E-state index contributed by atoms with van der Waals surface area (Å²) in [5, 5.41) is 6.21. The van der Waals surface area contributed by atoms with Crippen molar-refractivity contribution >= 4 is 17.6 Å². The van der Waals surface area contributed by atoms with Gasteiger partial charge in [0.15, 0.2) is 0 Å². The highest BCUT2D eigenvalue weighted by molar-refractivity contribution is 6.30. The van der Waals surface area contributed by atoms with E-state index in [9.17, 15) is 22.4 Å². The average molecular weight is 563 g/mol. The fourth-order valence-electron chi connectivity index (χ4n) is 5.03. The van der Waals surface area contributed by atoms with Crippen LogP contribution in [0.5, 0.6) is 0 Å². The summed E-state index contributed by atoms with van der Waals surface area (Å²) in [6.45, 7) is 5.86. The van der Waals surface area contributed by atoms with Gasteiger partial charge in [0.25, 0.3) is 0 Å². The topological polar surface area (TPSA) is 57.3 Å². The maximum atomic E-state index is 14.7. The third-order valence-corrected chi connectivity index (χ3v) is 7.34. The van der Waals surface area contributed by atoms with E-state index in [1.165, 1.54) is 18.3 Å². The Kier molecular flexibility index (Phi) is 8.81. The van der Waals surface area contributed by atoms with Crippen molar-refractivity contribution in [2.75, 3.05) is 13.1 Å². The van der Waals surface area contributed by atoms with Gasteiger partial charge in [0.1, 0.15) is 11.4 Å². The Morgan fingerprint density at radius 2 is 1.72 bits per heavy atom. The molecule has 2 aromatic carbocycles. The monoisotopic (exact) mass is 562 g/mol. The smallest absolute Gasteiger partial charge is 0.335 e. The molecule has 1 aromatic heterocycles. The molecule has 0 aliphatic carbocycles. The predicted octanol–water partition coefficient (Wildman–Crippen LogP) is 6.55. The summed E-state index contributed by atoms with van der Waals surface area (Å²) in [4.78, 5) is 20.2. The molecular formula is C29H31ClF4N4O. The van der Waals surface area contributed by atoms with Gasteiger partial charge in [-0.25, -0.2) is 9.18 Å². The number of piperidine rings is 1. The van der Waals surface area contributed by atoms with Gasteiger partial charge in [0, 0.05) is 37.8 Å². The highest BCUT2D eigenvalue weighted by atomic mass is 35.5. The summed E-state index contributed by atoms with van der Waals surface area (Å²) in [6, 6.07) is 14.0. The van der Waals surface area contributed by atoms with E-state index in [1.807, 2.05) is 0 Å². The molecule has 0 radical (unpaired) electrons. The number of hydrogen-bond acceptors (Lipinski definition) is 3. The van der Waals surface area contributed by atoms with Crippen LogP contribution in [-0.2, 0) is 18.1 Å². The van der Waals surface area contributed by atoms with Gasteiger partial charge in [-0.05, 0) is 68.1 Å². The Balaban J connectivity index is 1.78. The molecule has 1 aliphatic heterocycles. The van der Waals surface area contributed by atoms with Crippen LogP contribution in [0.4, 0.5) is 22.4 Å². The molecule has 39 heavy (non-hydrogen) atoms. The van der Waals surface area contributed by atoms with Gasteiger partial charge >= 0.3 is 12.2 Å². The van der Waals surface area contributed by atoms with Gasteiger partial charge in [-0.2, -0.15) is 13.2 Å². The number of amides is 2. The van der Waals surface area contributed by atoms with Crippen molar-refractivity contribution in [2.24, 2.45) is 0 Å². The molecule has 5 nitrogen and oxygen atoms in total. The minimum atomic E-state index is -4.80. The molecule has 1 aliphatic rings. The molecule has 0 unspecified atom stereocenters. The van der Waals surface area contributed by atoms with E-state index in [0.29, 0.717) is 22.7 Å². The minimum Gasteiger partial charge on any atom is -0.335 e. The van der Waals surface area contributed by atoms with Gasteiger partial charge < -0.3 is 15.5 Å². The maximum absolute atomic E-state index is 14.7. The Morgan fingerprint density at radius 1 is 1.05 bits per heavy atom. The first-order chi connectivity index (χ1) is 18.5. The first kappa shape index (κ1) is 28.8. The first-order valence-corrected chi connectivity index (χ1v) is 13.2. The molecule has 208 valence electrons. The highest BCUT2D eigenvalue weighted by Gasteiger charge is 2.41. The molecule has 3 aromatic rings. The van der Waals surface area contributed by atoms with Gasteiger partial charge in [-0.15, -0.1) is 0 Å². The molecule has 1 saturated heterocycles. The Hall–Kier alpha value is -3.17. The Morgan fingerprint density at radius 3 is 2.31 bits per heavy atom. The van der Waals surface area contributed by atoms with Crippen LogP contribution in [0, 0.1) is 5.82 Å². The summed E-state index contributed by atoms with van der Waals surface area (Å²) in [6.07, 6.45) is -1.97. The molecule has 2 amide bonds. The van der Waals surface area contributed by atoms with E-state index >= 15 is 0 Å². The highest BCUT2D eigenvalue weighted by Crippen LogP contribution is 2.38. The zero-order valence-corrected chi connectivity index (χ0v) is 22.5. The first-order valence-electron chi connectivity index (χ1n) is 12.8. The summed E-state index contributed by atoms with van der Waals surface area (Å²) in [5.74, 6) is -1.07. The number of nitrogens with zero attached hydrogens (tertiary/aromatic N) is 2. The van der Waals surface area contributed by atoms with Crippen molar-refractivity contribution in [3.8, 4) is 0 Å². The molecule has 0 bridgehead atoms. The standard InChI is InChI=1S/C29H31ClF4N4O/c1-19(2)38-12-10-25(11-13-38)36-27(39)37-28(17-20-6-4-3-5-7-20,26-9-8-23(30)18-35-26)21-14-22(29(32,33)34)16-24(31)15-21/h3-9,14-16,18-19,25H,10-13,17H2,1-2H3,(H2,36,37,39)/t28-/m0/s1. The number of urea groups is 1. The number of nitrogens with one attached hydrogen (secondary N) is 2. The fourth-order valence-corrected chi connectivity index (χ4v) is 5.14. The Bertz CT molecular complexity index is 1260. The third kappa shape index (κ3) is 7.08. The zero-order valence-electron chi connectivity index (χ0n) is 21.7. The largest absolute Gasteiger partial charge is 0.416 e. The molecule has 10 heteroatoms. The van der Waals surface area contributed by atoms with E-state index in [2.05, 4.69) is 34.4 Å². The quantitative estimate of drug-likeness (QED) is 0.321. The molecule has 0 spiro atoms. The van der Waals surface area contributed by atoms with Crippen molar-refractivity contribution in [2.45, 2.75) is 56.9 Å². The van der Waals surface area contributed by atoms with Crippen LogP contribution in [0.25, 0.3) is 0 Å². The molecule has 1 fully saturated rings. The average Bonchev–Trinajstić information content (AvgIpc) is 2.88. The second-order valence-electron chi connectivity index (χ2n) is 10.2. The molecule has 1 atom stereocenters. The third-order valence-electron chi connectivity index (χ3n) is 7.12. The van der Waals surface area contributed by atoms with Crippen molar-refractivity contribution in [3.05, 3.63) is 100 Å². The number of pyridine rings is 1. The summed E-state index contributed by atoms with van der Waals surface area (Å²) in [7, 11) is 0. The SMILES string of the molecule is CC(C)N1CCC(NC(=O)N[C@@](Cc2ccccc2)(c2cc(F)cc(C(F)(F)F)c2)c2ccc(Cl)cn2)CC1. The lowest BCUT2D eigenvalue weighted by Crippen LogP contribution is -2.56. The van der Waals surface area contributed by atoms with E-state index in [0.717, 1.165) is 38.1 Å². The Labute approximate surface area is 230 Å². The number of halogens is 5. The molecule has 0 saturated carbocycles. The van der Waals surface area contributed by atoms with E-state index in [1.54, 1.807) is 30.3 Å². The number of carbonyl (C=O) groups is 1. The van der Waals surface area contributed by atoms with Gasteiger partial charge in [0.05, 0.1) is 16.3 Å². The lowest BCUT2D eigenvalue weighted by atomic mass is 9.79. The number of rotatable bonds is 7. The van der Waals surface area contributed by atoms with Crippen molar-refractivity contribution < 1.29 is 22.4 Å². The van der Waals surface area contributed by atoms with Crippen molar-refractivity contribution in [3.63, 3.8) is 0 Å². The summed E-state index contributed by atoms with van der Waals surface area (Å²) >= 11 is 6.07. The second kappa shape index (κ2) is 11.9. The van der Waals surface area contributed by atoms with E-state index in [4.69, 9.17) is 11.6 Å². The van der Waals surface area contributed by atoms with Gasteiger partial charge in [-0.1, -0.05) is 41.9 Å². The van der Waals surface area contributed by atoms with Crippen LogP contribution in [-0.4, -0.2) is 41.1 Å². The molecular weight excluding hydrogens is 532 g/mol. The minimum absolute atomic E-state index is 0.0163. The normalized spacial score (nSPS) is 16.6.